The molecule has 0 bridgehead atoms. The highest BCUT2D eigenvalue weighted by atomic mass is 19.3. The maximum atomic E-state index is 13.1. The first-order valence-electron chi connectivity index (χ1n) is 10.4. The number of aryl methyl sites for hydroxylation is 3. The number of hydrogen-bond donors (Lipinski definition) is 0. The molecule has 0 fully saturated rings. The van der Waals surface area contributed by atoms with Crippen molar-refractivity contribution in [2.45, 2.75) is 26.9 Å². The number of ketones is 1. The van der Waals surface area contributed by atoms with Gasteiger partial charge in [-0.15, -0.1) is 0 Å². The molecule has 0 atom stereocenters. The summed E-state index contributed by atoms with van der Waals surface area (Å²) < 4.78 is 31.0. The van der Waals surface area contributed by atoms with E-state index in [0.717, 1.165) is 27.7 Å². The van der Waals surface area contributed by atoms with Crippen molar-refractivity contribution in [1.82, 2.24) is 9.55 Å². The van der Waals surface area contributed by atoms with E-state index in [4.69, 9.17) is 0 Å². The van der Waals surface area contributed by atoms with Crippen LogP contribution in [0.1, 0.15) is 27.2 Å². The number of ether oxygens (including phenoxy) is 1. The fourth-order valence-corrected chi connectivity index (χ4v) is 3.86. The van der Waals surface area contributed by atoms with Gasteiger partial charge in [0.25, 0.3) is 5.56 Å². The zero-order chi connectivity index (χ0) is 23.7. The van der Waals surface area contributed by atoms with Crippen LogP contribution in [-0.4, -0.2) is 21.9 Å². The van der Waals surface area contributed by atoms with Crippen LogP contribution in [0.25, 0.3) is 22.0 Å². The second-order valence-corrected chi connectivity index (χ2v) is 7.96. The number of carbonyl (C=O) groups excluding carboxylic acids is 1. The highest BCUT2D eigenvalue weighted by Crippen LogP contribution is 2.26. The summed E-state index contributed by atoms with van der Waals surface area (Å²) in [6.07, 6.45) is 1.80. The van der Waals surface area contributed by atoms with E-state index >= 15 is 0 Å². The molecule has 2 aromatic carbocycles. The SMILES string of the molecule is Cc1cc2c(cn1)cc(-c1cc(CC(=O)c3cccc(OC(F)F)c3)ccc1C)c(=O)n2C. The minimum Gasteiger partial charge on any atom is -0.435 e. The number of halogens is 2. The van der Waals surface area contributed by atoms with Crippen molar-refractivity contribution >= 4 is 16.7 Å². The third kappa shape index (κ3) is 4.67. The van der Waals surface area contributed by atoms with Crippen molar-refractivity contribution in [3.05, 3.63) is 93.5 Å². The molecule has 0 amide bonds. The van der Waals surface area contributed by atoms with Crippen LogP contribution < -0.4 is 10.3 Å². The van der Waals surface area contributed by atoms with Crippen LogP contribution in [0.2, 0.25) is 0 Å². The molecule has 2 heterocycles. The number of pyridine rings is 2. The topological polar surface area (TPSA) is 61.2 Å². The molecule has 33 heavy (non-hydrogen) atoms. The first-order valence-corrected chi connectivity index (χ1v) is 10.4. The average Bonchev–Trinajstić information content (AvgIpc) is 2.78. The van der Waals surface area contributed by atoms with Crippen molar-refractivity contribution < 1.29 is 18.3 Å². The predicted molar refractivity (Wildman–Crippen MR) is 123 cm³/mol. The quantitative estimate of drug-likeness (QED) is 0.378. The summed E-state index contributed by atoms with van der Waals surface area (Å²) in [5.41, 5.74) is 4.62. The molecule has 7 heteroatoms. The smallest absolute Gasteiger partial charge is 0.387 e. The van der Waals surface area contributed by atoms with Crippen molar-refractivity contribution in [2.75, 3.05) is 0 Å². The van der Waals surface area contributed by atoms with Crippen LogP contribution in [0, 0.1) is 13.8 Å². The van der Waals surface area contributed by atoms with Gasteiger partial charge in [-0.3, -0.25) is 14.6 Å². The van der Waals surface area contributed by atoms with Gasteiger partial charge in [-0.25, -0.2) is 0 Å². The Labute approximate surface area is 189 Å². The van der Waals surface area contributed by atoms with Crippen LogP contribution in [0.4, 0.5) is 8.78 Å². The molecule has 4 aromatic rings. The van der Waals surface area contributed by atoms with Crippen LogP contribution in [0.15, 0.2) is 65.6 Å². The summed E-state index contributed by atoms with van der Waals surface area (Å²) >= 11 is 0. The highest BCUT2D eigenvalue weighted by molar-refractivity contribution is 5.98. The van der Waals surface area contributed by atoms with Gasteiger partial charge in [-0.05, 0) is 54.8 Å². The van der Waals surface area contributed by atoms with E-state index in [1.54, 1.807) is 23.9 Å². The Balaban J connectivity index is 1.70. The van der Waals surface area contributed by atoms with E-state index in [1.807, 2.05) is 44.2 Å². The lowest BCUT2D eigenvalue weighted by Crippen LogP contribution is -2.19. The van der Waals surface area contributed by atoms with E-state index in [-0.39, 0.29) is 29.1 Å². The maximum absolute atomic E-state index is 13.1. The molecule has 0 saturated carbocycles. The molecule has 0 aliphatic rings. The number of carbonyl (C=O) groups is 1. The Morgan fingerprint density at radius 3 is 2.61 bits per heavy atom. The summed E-state index contributed by atoms with van der Waals surface area (Å²) in [6, 6.07) is 15.0. The Morgan fingerprint density at radius 1 is 1.06 bits per heavy atom. The molecule has 0 unspecified atom stereocenters. The Morgan fingerprint density at radius 2 is 1.85 bits per heavy atom. The predicted octanol–water partition coefficient (Wildman–Crippen LogP) is 5.24. The molecule has 0 saturated heterocycles. The second kappa shape index (κ2) is 8.94. The summed E-state index contributed by atoms with van der Waals surface area (Å²) in [7, 11) is 1.73. The summed E-state index contributed by atoms with van der Waals surface area (Å²) in [4.78, 5) is 30.3. The van der Waals surface area contributed by atoms with Gasteiger partial charge in [-0.1, -0.05) is 30.3 Å². The van der Waals surface area contributed by atoms with Crippen molar-refractivity contribution in [3.8, 4) is 16.9 Å². The Kier molecular flexibility index (Phi) is 6.05. The number of benzene rings is 2. The van der Waals surface area contributed by atoms with E-state index in [9.17, 15) is 18.4 Å². The molecule has 0 aliphatic heterocycles. The van der Waals surface area contributed by atoms with Gasteiger partial charge in [-0.2, -0.15) is 8.78 Å². The van der Waals surface area contributed by atoms with Gasteiger partial charge in [0.15, 0.2) is 5.78 Å². The molecular weight excluding hydrogens is 426 g/mol. The van der Waals surface area contributed by atoms with E-state index in [0.29, 0.717) is 11.1 Å². The zero-order valence-corrected chi connectivity index (χ0v) is 18.4. The first kappa shape index (κ1) is 22.3. The number of hydrogen-bond acceptors (Lipinski definition) is 4. The standard InChI is InChI=1S/C26H22F2N2O3/c1-15-7-8-17(11-24(31)18-5-4-6-20(12-18)33-26(27)28)10-21(15)22-13-19-14-29-16(2)9-23(19)30(3)25(22)32/h4-10,12-14,26H,11H2,1-3H3. The van der Waals surface area contributed by atoms with Gasteiger partial charge < -0.3 is 9.30 Å². The molecule has 0 spiro atoms. The second-order valence-electron chi connectivity index (χ2n) is 7.96. The van der Waals surface area contributed by atoms with E-state index in [1.165, 1.54) is 18.2 Å². The lowest BCUT2D eigenvalue weighted by Gasteiger charge is -2.13. The first-order chi connectivity index (χ1) is 15.7. The largest absolute Gasteiger partial charge is 0.435 e. The number of rotatable bonds is 6. The lowest BCUT2D eigenvalue weighted by molar-refractivity contribution is -0.0498. The zero-order valence-electron chi connectivity index (χ0n) is 18.4. The minimum absolute atomic E-state index is 0.0556. The molecule has 4 rings (SSSR count). The summed E-state index contributed by atoms with van der Waals surface area (Å²) in [6.45, 7) is 0.819. The Hall–Kier alpha value is -3.87. The number of aromatic nitrogens is 2. The average molecular weight is 448 g/mol. The molecule has 5 nitrogen and oxygen atoms in total. The molecule has 0 aliphatic carbocycles. The normalized spacial score (nSPS) is 11.2. The van der Waals surface area contributed by atoms with Gasteiger partial charge >= 0.3 is 6.61 Å². The van der Waals surface area contributed by atoms with Gasteiger partial charge in [0.2, 0.25) is 0 Å². The number of alkyl halides is 2. The van der Waals surface area contributed by atoms with Gasteiger partial charge in [0, 0.05) is 41.9 Å². The van der Waals surface area contributed by atoms with Crippen LogP contribution in [-0.2, 0) is 13.5 Å². The van der Waals surface area contributed by atoms with Crippen LogP contribution >= 0.6 is 0 Å². The molecule has 2 aromatic heterocycles. The number of nitrogens with zero attached hydrogens (tertiary/aromatic N) is 2. The van der Waals surface area contributed by atoms with E-state index in [2.05, 4.69) is 9.72 Å². The monoisotopic (exact) mass is 448 g/mol. The van der Waals surface area contributed by atoms with E-state index < -0.39 is 6.61 Å². The third-order valence-electron chi connectivity index (χ3n) is 5.58. The van der Waals surface area contributed by atoms with Gasteiger partial charge in [0.05, 0.1) is 5.52 Å². The van der Waals surface area contributed by atoms with Crippen LogP contribution in [0.5, 0.6) is 5.75 Å². The highest BCUT2D eigenvalue weighted by Gasteiger charge is 2.15. The van der Waals surface area contributed by atoms with Crippen molar-refractivity contribution in [3.63, 3.8) is 0 Å². The number of Topliss-reactive ketones (excluding diaryl/α,β-unsaturated/α-hetero) is 1. The third-order valence-corrected chi connectivity index (χ3v) is 5.58. The van der Waals surface area contributed by atoms with Crippen LogP contribution in [0.3, 0.4) is 0 Å². The molecule has 168 valence electrons. The summed E-state index contributed by atoms with van der Waals surface area (Å²) in [5, 5.41) is 0.842. The molecule has 0 N–H and O–H groups in total. The van der Waals surface area contributed by atoms with Crippen molar-refractivity contribution in [2.24, 2.45) is 7.05 Å². The fourth-order valence-electron chi connectivity index (χ4n) is 3.86. The number of fused-ring (bicyclic) bond motifs is 1. The lowest BCUT2D eigenvalue weighted by atomic mass is 9.95. The maximum Gasteiger partial charge on any atom is 0.387 e. The molecule has 0 radical (unpaired) electrons. The fraction of sp³-hybridized carbons (Fsp3) is 0.192. The minimum atomic E-state index is -2.96. The molecular formula is C26H22F2N2O3. The summed E-state index contributed by atoms with van der Waals surface area (Å²) in [5.74, 6) is -0.306. The Bertz CT molecular complexity index is 1430. The van der Waals surface area contributed by atoms with Crippen molar-refractivity contribution in [1.29, 1.82) is 0 Å². The van der Waals surface area contributed by atoms with Gasteiger partial charge in [0.1, 0.15) is 5.75 Å².